The molecule has 2 saturated heterocycles. The first-order valence-corrected chi connectivity index (χ1v) is 16.0. The van der Waals surface area contributed by atoms with Crippen LogP contribution in [0.3, 0.4) is 0 Å². The van der Waals surface area contributed by atoms with Crippen molar-refractivity contribution in [3.05, 3.63) is 52.3 Å². The number of nitrogens with one attached hydrogen (secondary N) is 1. The number of aromatic nitrogens is 3. The first-order chi connectivity index (χ1) is 20.0. The summed E-state index contributed by atoms with van der Waals surface area (Å²) in [6.45, 7) is 4.85. The van der Waals surface area contributed by atoms with Crippen LogP contribution in [0.15, 0.2) is 30.5 Å². The van der Waals surface area contributed by atoms with Crippen LogP contribution >= 0.6 is 11.6 Å². The highest BCUT2D eigenvalue weighted by Gasteiger charge is 2.37. The van der Waals surface area contributed by atoms with Gasteiger partial charge in [-0.25, -0.2) is 17.9 Å². The Hall–Kier alpha value is -3.89. The molecule has 0 saturated carbocycles. The average molecular weight is 614 g/mol. The molecule has 12 nitrogen and oxygen atoms in total. The molecule has 3 aromatic rings. The number of fused-ring (bicyclic) bond motifs is 1. The van der Waals surface area contributed by atoms with Crippen LogP contribution in [-0.2, 0) is 19.6 Å². The molecule has 0 aliphatic carbocycles. The molecule has 0 spiro atoms. The Morgan fingerprint density at radius 2 is 2.02 bits per heavy atom. The summed E-state index contributed by atoms with van der Waals surface area (Å²) in [7, 11) is -3.63. The molecule has 0 bridgehead atoms. The smallest absolute Gasteiger partial charge is 0.305 e. The topological polar surface area (TPSA) is 150 Å². The van der Waals surface area contributed by atoms with Gasteiger partial charge in [0.2, 0.25) is 10.0 Å². The molecule has 2 aliphatic rings. The van der Waals surface area contributed by atoms with E-state index in [2.05, 4.69) is 10.8 Å². The third-order valence-electron chi connectivity index (χ3n) is 7.54. The Kier molecular flexibility index (Phi) is 8.30. The second-order valence-electron chi connectivity index (χ2n) is 10.7. The van der Waals surface area contributed by atoms with E-state index in [0.29, 0.717) is 48.2 Å². The van der Waals surface area contributed by atoms with Crippen molar-refractivity contribution in [2.75, 3.05) is 35.5 Å². The highest BCUT2D eigenvalue weighted by Crippen LogP contribution is 2.35. The number of sulfonamides is 1. The van der Waals surface area contributed by atoms with Gasteiger partial charge in [0.1, 0.15) is 17.8 Å². The van der Waals surface area contributed by atoms with Crippen molar-refractivity contribution >= 4 is 50.7 Å². The number of nitrogens with zero attached hydrogens (tertiary/aromatic N) is 6. The summed E-state index contributed by atoms with van der Waals surface area (Å²) in [6.07, 6.45) is 4.96. The van der Waals surface area contributed by atoms with Crippen LogP contribution < -0.4 is 9.62 Å². The van der Waals surface area contributed by atoms with Crippen LogP contribution in [0.25, 0.3) is 5.65 Å². The van der Waals surface area contributed by atoms with Gasteiger partial charge in [-0.3, -0.25) is 14.3 Å². The maximum absolute atomic E-state index is 13.8. The van der Waals surface area contributed by atoms with Gasteiger partial charge >= 0.3 is 5.97 Å². The number of rotatable bonds is 7. The summed E-state index contributed by atoms with van der Waals surface area (Å²) in [5.41, 5.74) is 2.41. The SMILES string of the molecule is CCC(=O)O[C@H]1CN(c2nc3cc([C@@H]4CCCCN4C(=O)c4cc(Cl)ccc4NS(C)(=O)=O)nn3cc2C)C[C@H]1C#N. The van der Waals surface area contributed by atoms with E-state index >= 15 is 0 Å². The highest BCUT2D eigenvalue weighted by atomic mass is 35.5. The van der Waals surface area contributed by atoms with Gasteiger partial charge in [0.25, 0.3) is 5.91 Å². The molecule has 222 valence electrons. The predicted molar refractivity (Wildman–Crippen MR) is 157 cm³/mol. The first kappa shape index (κ1) is 29.6. The molecule has 42 heavy (non-hydrogen) atoms. The second kappa shape index (κ2) is 11.8. The Balaban J connectivity index is 1.44. The zero-order chi connectivity index (χ0) is 30.2. The van der Waals surface area contributed by atoms with E-state index in [1.807, 2.05) is 24.1 Å². The molecule has 1 amide bonds. The fourth-order valence-corrected chi connectivity index (χ4v) is 6.31. The van der Waals surface area contributed by atoms with E-state index in [1.165, 1.54) is 18.2 Å². The largest absolute Gasteiger partial charge is 0.459 e. The van der Waals surface area contributed by atoms with E-state index in [9.17, 15) is 23.3 Å². The van der Waals surface area contributed by atoms with Crippen LogP contribution in [0.2, 0.25) is 5.02 Å². The standard InChI is InChI=1S/C28H32ClN7O5S/c1-4-26(37)41-24-16-34(15-18(24)13-30)27-17(2)14-36-25(31-27)12-22(32-36)23-7-5-6-10-35(23)28(38)20-11-19(29)8-9-21(20)33-42(3,39)40/h8-9,11-12,14,18,23-24,33H,4-7,10,15-16H2,1-3H3/t18-,23+,24+/m1/s1. The molecule has 2 aromatic heterocycles. The number of anilines is 2. The van der Waals surface area contributed by atoms with Crippen LogP contribution in [0.4, 0.5) is 11.5 Å². The van der Waals surface area contributed by atoms with E-state index in [4.69, 9.17) is 26.4 Å². The first-order valence-electron chi connectivity index (χ1n) is 13.8. The maximum atomic E-state index is 13.8. The van der Waals surface area contributed by atoms with Gasteiger partial charge in [-0.1, -0.05) is 18.5 Å². The number of benzene rings is 1. The van der Waals surface area contributed by atoms with E-state index in [-0.39, 0.29) is 35.6 Å². The number of carbonyl (C=O) groups is 2. The van der Waals surface area contributed by atoms with Gasteiger partial charge in [0.05, 0.1) is 41.9 Å². The quantitative estimate of drug-likeness (QED) is 0.393. The number of aryl methyl sites for hydroxylation is 1. The highest BCUT2D eigenvalue weighted by molar-refractivity contribution is 7.92. The van der Waals surface area contributed by atoms with Crippen molar-refractivity contribution in [3.63, 3.8) is 0 Å². The van der Waals surface area contributed by atoms with Crippen LogP contribution in [0, 0.1) is 24.2 Å². The molecule has 3 atom stereocenters. The Labute approximate surface area is 249 Å². The summed E-state index contributed by atoms with van der Waals surface area (Å²) in [5.74, 6) is -0.473. The minimum Gasteiger partial charge on any atom is -0.459 e. The van der Waals surface area contributed by atoms with Crippen molar-refractivity contribution in [1.29, 1.82) is 5.26 Å². The minimum absolute atomic E-state index is 0.164. The summed E-state index contributed by atoms with van der Waals surface area (Å²) < 4.78 is 33.5. The predicted octanol–water partition coefficient (Wildman–Crippen LogP) is 3.71. The molecule has 1 N–H and O–H groups in total. The van der Waals surface area contributed by atoms with Crippen LogP contribution in [0.5, 0.6) is 0 Å². The zero-order valence-corrected chi connectivity index (χ0v) is 25.2. The molecular weight excluding hydrogens is 582 g/mol. The number of hydrogen-bond donors (Lipinski definition) is 1. The Bertz CT molecular complexity index is 1690. The van der Waals surface area contributed by atoms with E-state index in [1.54, 1.807) is 16.3 Å². The molecule has 0 unspecified atom stereocenters. The summed E-state index contributed by atoms with van der Waals surface area (Å²) in [5, 5.41) is 14.7. The Morgan fingerprint density at radius 1 is 1.24 bits per heavy atom. The maximum Gasteiger partial charge on any atom is 0.305 e. The normalized spacial score (nSPS) is 20.9. The van der Waals surface area contributed by atoms with Crippen molar-refractivity contribution < 1.29 is 22.7 Å². The number of piperidine rings is 1. The molecule has 0 radical (unpaired) electrons. The summed E-state index contributed by atoms with van der Waals surface area (Å²) in [4.78, 5) is 34.2. The lowest BCUT2D eigenvalue weighted by molar-refractivity contribution is -0.148. The molecule has 4 heterocycles. The Morgan fingerprint density at radius 3 is 2.74 bits per heavy atom. The second-order valence-corrected chi connectivity index (χ2v) is 12.9. The molecular formula is C28H32ClN7O5S. The molecule has 2 aliphatic heterocycles. The number of nitriles is 1. The minimum atomic E-state index is -3.63. The lowest BCUT2D eigenvalue weighted by Gasteiger charge is -2.35. The third kappa shape index (κ3) is 6.15. The number of amides is 1. The van der Waals surface area contributed by atoms with Gasteiger partial charge in [-0.2, -0.15) is 10.4 Å². The van der Waals surface area contributed by atoms with Gasteiger partial charge in [0.15, 0.2) is 5.65 Å². The van der Waals surface area contributed by atoms with Crippen molar-refractivity contribution in [2.45, 2.75) is 51.7 Å². The van der Waals surface area contributed by atoms with Crippen LogP contribution in [0.1, 0.15) is 60.3 Å². The zero-order valence-electron chi connectivity index (χ0n) is 23.6. The van der Waals surface area contributed by atoms with Crippen molar-refractivity contribution in [1.82, 2.24) is 19.5 Å². The third-order valence-corrected chi connectivity index (χ3v) is 8.37. The van der Waals surface area contributed by atoms with E-state index < -0.39 is 22.0 Å². The molecule has 14 heteroatoms. The van der Waals surface area contributed by atoms with Crippen LogP contribution in [-0.4, -0.2) is 71.8 Å². The monoisotopic (exact) mass is 613 g/mol. The number of halogens is 1. The summed E-state index contributed by atoms with van der Waals surface area (Å²) >= 11 is 6.20. The number of hydrogen-bond acceptors (Lipinski definition) is 9. The lowest BCUT2D eigenvalue weighted by atomic mass is 9.98. The van der Waals surface area contributed by atoms with Crippen molar-refractivity contribution in [2.24, 2.45) is 5.92 Å². The number of carbonyl (C=O) groups excluding carboxylic acids is 2. The fourth-order valence-electron chi connectivity index (χ4n) is 5.56. The summed E-state index contributed by atoms with van der Waals surface area (Å²) in [6, 6.07) is 8.23. The van der Waals surface area contributed by atoms with Gasteiger partial charge < -0.3 is 14.5 Å². The average Bonchev–Trinajstić information content (AvgIpc) is 3.55. The molecule has 2 fully saturated rings. The van der Waals surface area contributed by atoms with Crippen molar-refractivity contribution in [3.8, 4) is 6.07 Å². The van der Waals surface area contributed by atoms with Gasteiger partial charge in [0, 0.05) is 42.4 Å². The number of likely N-dealkylation sites (tertiary alicyclic amines) is 1. The number of esters is 1. The fraction of sp³-hybridized carbons (Fsp3) is 0.464. The van der Waals surface area contributed by atoms with E-state index in [0.717, 1.165) is 24.7 Å². The number of ether oxygens (including phenoxy) is 1. The molecule has 5 rings (SSSR count). The lowest BCUT2D eigenvalue weighted by Crippen LogP contribution is -2.39. The van der Waals surface area contributed by atoms with Gasteiger partial charge in [-0.05, 0) is 44.4 Å². The molecule has 1 aromatic carbocycles. The van der Waals surface area contributed by atoms with Gasteiger partial charge in [-0.15, -0.1) is 0 Å².